The molecular weight excluding hydrogens is 441 g/mol. The van der Waals surface area contributed by atoms with Gasteiger partial charge >= 0.3 is 0 Å². The van der Waals surface area contributed by atoms with Crippen LogP contribution in [0.3, 0.4) is 0 Å². The van der Waals surface area contributed by atoms with Crippen molar-refractivity contribution < 1.29 is 9.47 Å². The van der Waals surface area contributed by atoms with E-state index < -0.39 is 0 Å². The number of aliphatic imine (C=N–C) groups is 1. The molecule has 1 aliphatic carbocycles. The summed E-state index contributed by atoms with van der Waals surface area (Å²) in [5.74, 6) is 1.76. The molecule has 0 unspecified atom stereocenters. The molecule has 0 amide bonds. The number of halogens is 1. The normalized spacial score (nSPS) is 14.0. The van der Waals surface area contributed by atoms with Crippen LogP contribution in [0.1, 0.15) is 31.2 Å². The van der Waals surface area contributed by atoms with Gasteiger partial charge in [-0.1, -0.05) is 30.3 Å². The zero-order chi connectivity index (χ0) is 17.7. The Kier molecular flexibility index (Phi) is 12.7. The molecule has 6 heteroatoms. The highest BCUT2D eigenvalue weighted by molar-refractivity contribution is 14.0. The fourth-order valence-corrected chi connectivity index (χ4v) is 2.52. The van der Waals surface area contributed by atoms with Crippen LogP contribution in [0.5, 0.6) is 0 Å². The third kappa shape index (κ3) is 10.3. The standard InChI is InChI=1S/C20H33N3O2.HI/c1-21-20(23(2)13-15-25-17-19-10-11-19)22-12-6-7-14-24-16-18-8-4-3-5-9-18;/h3-5,8-9,19H,6-7,10-17H2,1-2H3,(H,21,22);1H. The molecule has 0 radical (unpaired) electrons. The van der Waals surface area contributed by atoms with Crippen molar-refractivity contribution in [3.8, 4) is 0 Å². The van der Waals surface area contributed by atoms with Crippen LogP contribution in [0.2, 0.25) is 0 Å². The first-order valence-corrected chi connectivity index (χ1v) is 9.41. The van der Waals surface area contributed by atoms with Gasteiger partial charge in [0.05, 0.1) is 13.2 Å². The van der Waals surface area contributed by atoms with Crippen LogP contribution >= 0.6 is 24.0 Å². The Balaban J connectivity index is 0.00000338. The minimum absolute atomic E-state index is 0. The molecule has 1 aliphatic rings. The summed E-state index contributed by atoms with van der Waals surface area (Å²) in [6.07, 6.45) is 4.80. The molecule has 0 atom stereocenters. The summed E-state index contributed by atoms with van der Waals surface area (Å²) in [7, 11) is 3.88. The topological polar surface area (TPSA) is 46.1 Å². The summed E-state index contributed by atoms with van der Waals surface area (Å²) >= 11 is 0. The molecule has 26 heavy (non-hydrogen) atoms. The Morgan fingerprint density at radius 1 is 1.15 bits per heavy atom. The summed E-state index contributed by atoms with van der Waals surface area (Å²) in [6.45, 7) is 4.95. The van der Waals surface area contributed by atoms with Crippen molar-refractivity contribution in [2.75, 3.05) is 47.0 Å². The number of unbranched alkanes of at least 4 members (excludes halogenated alkanes) is 1. The molecule has 0 spiro atoms. The van der Waals surface area contributed by atoms with Gasteiger partial charge in [0.2, 0.25) is 0 Å². The molecule has 0 saturated heterocycles. The van der Waals surface area contributed by atoms with Crippen LogP contribution in [-0.4, -0.2) is 57.9 Å². The van der Waals surface area contributed by atoms with E-state index in [-0.39, 0.29) is 24.0 Å². The minimum Gasteiger partial charge on any atom is -0.379 e. The minimum atomic E-state index is 0. The van der Waals surface area contributed by atoms with Crippen molar-refractivity contribution in [2.45, 2.75) is 32.3 Å². The van der Waals surface area contributed by atoms with Crippen molar-refractivity contribution in [3.05, 3.63) is 35.9 Å². The molecule has 5 nitrogen and oxygen atoms in total. The first-order valence-electron chi connectivity index (χ1n) is 9.41. The van der Waals surface area contributed by atoms with Crippen molar-refractivity contribution in [3.63, 3.8) is 0 Å². The van der Waals surface area contributed by atoms with Gasteiger partial charge in [-0.3, -0.25) is 4.99 Å². The molecule has 1 aromatic rings. The van der Waals surface area contributed by atoms with Crippen molar-refractivity contribution in [1.82, 2.24) is 10.2 Å². The number of nitrogens with one attached hydrogen (secondary N) is 1. The second-order valence-corrected chi connectivity index (χ2v) is 6.66. The quantitative estimate of drug-likeness (QED) is 0.218. The summed E-state index contributed by atoms with van der Waals surface area (Å²) in [6, 6.07) is 10.3. The fraction of sp³-hybridized carbons (Fsp3) is 0.650. The summed E-state index contributed by atoms with van der Waals surface area (Å²) in [5.41, 5.74) is 1.23. The number of rotatable bonds is 12. The Labute approximate surface area is 175 Å². The molecule has 148 valence electrons. The molecule has 2 rings (SSSR count). The number of guanidine groups is 1. The smallest absolute Gasteiger partial charge is 0.193 e. The highest BCUT2D eigenvalue weighted by atomic mass is 127. The van der Waals surface area contributed by atoms with Gasteiger partial charge in [0, 0.05) is 40.4 Å². The first kappa shape index (κ1) is 23.2. The van der Waals surface area contributed by atoms with Crippen molar-refractivity contribution >= 4 is 29.9 Å². The van der Waals surface area contributed by atoms with Gasteiger partial charge in [0.25, 0.3) is 0 Å². The SMILES string of the molecule is CN=C(NCCCCOCc1ccccc1)N(C)CCOCC1CC1.I. The summed E-state index contributed by atoms with van der Waals surface area (Å²) in [5, 5.41) is 3.40. The lowest BCUT2D eigenvalue weighted by Gasteiger charge is -2.22. The van der Waals surface area contributed by atoms with E-state index in [9.17, 15) is 0 Å². The first-order chi connectivity index (χ1) is 12.3. The number of nitrogens with zero attached hydrogens (tertiary/aromatic N) is 2. The predicted octanol–water partition coefficient (Wildman–Crippen LogP) is 3.54. The number of benzene rings is 1. The van der Waals surface area contributed by atoms with Gasteiger partial charge in [-0.05, 0) is 37.2 Å². The zero-order valence-electron chi connectivity index (χ0n) is 16.2. The second-order valence-electron chi connectivity index (χ2n) is 6.66. The molecule has 1 aromatic carbocycles. The van der Waals surface area contributed by atoms with E-state index in [1.54, 1.807) is 0 Å². The Hall–Kier alpha value is -0.860. The largest absolute Gasteiger partial charge is 0.379 e. The average molecular weight is 475 g/mol. The molecule has 0 heterocycles. The third-order valence-corrected chi connectivity index (χ3v) is 4.31. The molecular formula is C20H34IN3O2. The van der Waals surface area contributed by atoms with Gasteiger partial charge in [-0.25, -0.2) is 0 Å². The maximum absolute atomic E-state index is 5.71. The van der Waals surface area contributed by atoms with Crippen LogP contribution in [0.25, 0.3) is 0 Å². The van der Waals surface area contributed by atoms with Gasteiger partial charge in [0.15, 0.2) is 5.96 Å². The highest BCUT2D eigenvalue weighted by Crippen LogP contribution is 2.28. The van der Waals surface area contributed by atoms with Gasteiger partial charge in [0.1, 0.15) is 0 Å². The molecule has 0 aromatic heterocycles. The monoisotopic (exact) mass is 475 g/mol. The van der Waals surface area contributed by atoms with Crippen LogP contribution in [-0.2, 0) is 16.1 Å². The summed E-state index contributed by atoms with van der Waals surface area (Å²) < 4.78 is 11.4. The average Bonchev–Trinajstić information content (AvgIpc) is 3.46. The van der Waals surface area contributed by atoms with Gasteiger partial charge < -0.3 is 19.7 Å². The number of hydrogen-bond donors (Lipinski definition) is 1. The Morgan fingerprint density at radius 3 is 2.62 bits per heavy atom. The van der Waals surface area contributed by atoms with Crippen LogP contribution < -0.4 is 5.32 Å². The van der Waals surface area contributed by atoms with Crippen molar-refractivity contribution in [1.29, 1.82) is 0 Å². The van der Waals surface area contributed by atoms with E-state index in [0.29, 0.717) is 6.61 Å². The highest BCUT2D eigenvalue weighted by Gasteiger charge is 2.21. The lowest BCUT2D eigenvalue weighted by Crippen LogP contribution is -2.41. The number of hydrogen-bond acceptors (Lipinski definition) is 3. The molecule has 1 fully saturated rings. The number of ether oxygens (including phenoxy) is 2. The number of likely N-dealkylation sites (N-methyl/N-ethyl adjacent to an activating group) is 1. The maximum Gasteiger partial charge on any atom is 0.193 e. The third-order valence-electron chi connectivity index (χ3n) is 4.31. The van der Waals surface area contributed by atoms with Crippen molar-refractivity contribution in [2.24, 2.45) is 10.9 Å². The predicted molar refractivity (Wildman–Crippen MR) is 118 cm³/mol. The van der Waals surface area contributed by atoms with Gasteiger partial charge in [-0.2, -0.15) is 0 Å². The molecule has 0 aliphatic heterocycles. The molecule has 1 N–H and O–H groups in total. The molecule has 1 saturated carbocycles. The van der Waals surface area contributed by atoms with E-state index in [4.69, 9.17) is 9.47 Å². The molecule has 0 bridgehead atoms. The second kappa shape index (κ2) is 14.2. The Morgan fingerprint density at radius 2 is 1.92 bits per heavy atom. The van der Waals surface area contributed by atoms with Gasteiger partial charge in [-0.15, -0.1) is 24.0 Å². The maximum atomic E-state index is 5.71. The lowest BCUT2D eigenvalue weighted by molar-refractivity contribution is 0.114. The van der Waals surface area contributed by atoms with Crippen LogP contribution in [0, 0.1) is 5.92 Å². The van der Waals surface area contributed by atoms with E-state index in [1.165, 1.54) is 18.4 Å². The van der Waals surface area contributed by atoms with E-state index >= 15 is 0 Å². The van der Waals surface area contributed by atoms with E-state index in [1.807, 2.05) is 25.2 Å². The van der Waals surface area contributed by atoms with E-state index in [2.05, 4.69) is 34.4 Å². The van der Waals surface area contributed by atoms with Crippen LogP contribution in [0.4, 0.5) is 0 Å². The zero-order valence-corrected chi connectivity index (χ0v) is 18.5. The summed E-state index contributed by atoms with van der Waals surface area (Å²) in [4.78, 5) is 6.46. The fourth-order valence-electron chi connectivity index (χ4n) is 2.52. The van der Waals surface area contributed by atoms with Crippen LogP contribution in [0.15, 0.2) is 35.3 Å². The lowest BCUT2D eigenvalue weighted by atomic mass is 10.2. The Bertz CT molecular complexity index is 495. The van der Waals surface area contributed by atoms with E-state index in [0.717, 1.165) is 57.6 Å².